The third-order valence-electron chi connectivity index (χ3n) is 5.67. The Morgan fingerprint density at radius 3 is 2.60 bits per heavy atom. The summed E-state index contributed by atoms with van der Waals surface area (Å²) in [5.41, 5.74) is 2.86. The van der Waals surface area contributed by atoms with Crippen molar-refractivity contribution >= 4 is 21.5 Å². The zero-order valence-corrected chi connectivity index (χ0v) is 18.2. The molecule has 2 unspecified atom stereocenters. The summed E-state index contributed by atoms with van der Waals surface area (Å²) in [6, 6.07) is 13.5. The highest BCUT2D eigenvalue weighted by Crippen LogP contribution is 2.49. The van der Waals surface area contributed by atoms with Gasteiger partial charge in [-0.05, 0) is 56.4 Å². The normalized spacial score (nSPS) is 19.8. The summed E-state index contributed by atoms with van der Waals surface area (Å²) in [6.45, 7) is 2.78. The molecule has 2 aromatic carbocycles. The summed E-state index contributed by atoms with van der Waals surface area (Å²) >= 11 is 0. The molecule has 0 radical (unpaired) electrons. The van der Waals surface area contributed by atoms with Crippen molar-refractivity contribution in [3.63, 3.8) is 0 Å². The van der Waals surface area contributed by atoms with Crippen LogP contribution in [0.1, 0.15) is 12.0 Å². The van der Waals surface area contributed by atoms with Crippen molar-refractivity contribution in [3.05, 3.63) is 60.3 Å². The molecule has 0 saturated carbocycles. The van der Waals surface area contributed by atoms with E-state index in [1.54, 1.807) is 0 Å². The Kier molecular flexibility index (Phi) is 5.48. The van der Waals surface area contributed by atoms with E-state index in [4.69, 9.17) is 4.74 Å². The fraction of sp³-hybridized carbons (Fsp3) is 0.364. The van der Waals surface area contributed by atoms with E-state index in [1.807, 2.05) is 63.6 Å². The zero-order valence-electron chi connectivity index (χ0n) is 17.4. The van der Waals surface area contributed by atoms with E-state index < -0.39 is 10.1 Å². The van der Waals surface area contributed by atoms with Crippen molar-refractivity contribution < 1.29 is 17.7 Å². The highest BCUT2D eigenvalue weighted by atomic mass is 32.2. The Balaban J connectivity index is 1.87. The van der Waals surface area contributed by atoms with Gasteiger partial charge in [0.05, 0.1) is 23.2 Å². The monoisotopic (exact) mass is 429 g/mol. The fourth-order valence-corrected chi connectivity index (χ4v) is 4.92. The molecule has 2 aliphatic heterocycles. The lowest BCUT2D eigenvalue weighted by atomic mass is 10.0. The molecule has 2 heterocycles. The van der Waals surface area contributed by atoms with Crippen molar-refractivity contribution in [3.8, 4) is 11.5 Å². The number of hydrogen-bond acceptors (Lipinski definition) is 6. The second-order valence-corrected chi connectivity index (χ2v) is 9.53. The maximum Gasteiger partial charge on any atom is 0.264 e. The lowest BCUT2D eigenvalue weighted by molar-refractivity contribution is 0.0908. The third kappa shape index (κ3) is 4.03. The molecule has 160 valence electrons. The van der Waals surface area contributed by atoms with Crippen LogP contribution in [0.15, 0.2) is 54.7 Å². The van der Waals surface area contributed by atoms with Crippen LogP contribution in [0.4, 0.5) is 11.4 Å². The number of aryl methyl sites for hydroxylation is 1. The Bertz CT molecular complexity index is 1070. The van der Waals surface area contributed by atoms with E-state index in [9.17, 15) is 13.0 Å². The molecular weight excluding hydrogens is 402 g/mol. The van der Waals surface area contributed by atoms with Crippen LogP contribution in [0.5, 0.6) is 11.5 Å². The van der Waals surface area contributed by atoms with Gasteiger partial charge in [0, 0.05) is 13.6 Å². The summed E-state index contributed by atoms with van der Waals surface area (Å²) in [6.07, 6.45) is 4.25. The predicted octanol–water partition coefficient (Wildman–Crippen LogP) is 3.60. The first-order valence-corrected chi connectivity index (χ1v) is 11.6. The first kappa shape index (κ1) is 20.7. The largest absolute Gasteiger partial charge is 0.453 e. The molecule has 2 aliphatic rings. The number of nitrogens with zero attached hydrogens (tertiary/aromatic N) is 3. The van der Waals surface area contributed by atoms with Gasteiger partial charge in [-0.3, -0.25) is 9.45 Å². The molecule has 2 aromatic rings. The number of ether oxygens (including phenoxy) is 1. The molecule has 2 atom stereocenters. The summed E-state index contributed by atoms with van der Waals surface area (Å²) < 4.78 is 39.0. The van der Waals surface area contributed by atoms with Gasteiger partial charge in [0.2, 0.25) is 0 Å². The van der Waals surface area contributed by atoms with Crippen LogP contribution >= 0.6 is 0 Å². The standard InChI is InChI=1S/C22H27N3O4S/c1-16-9-10-21-19(15-16)25(17-7-4-5-8-20(17)29-21)18(11-14-30(26,27)28)22-23(2)12-6-13-24(22)3/h4-10,12,15,18,22H,11,13-14H2,1-3H3,(H,26,27,28). The van der Waals surface area contributed by atoms with Gasteiger partial charge in [-0.2, -0.15) is 8.42 Å². The molecular formula is C22H27N3O4S. The van der Waals surface area contributed by atoms with Crippen LogP contribution in [0.25, 0.3) is 0 Å². The topological polar surface area (TPSA) is 73.3 Å². The number of rotatable bonds is 5. The highest BCUT2D eigenvalue weighted by Gasteiger charge is 2.39. The van der Waals surface area contributed by atoms with Crippen molar-refractivity contribution in [1.29, 1.82) is 0 Å². The van der Waals surface area contributed by atoms with Gasteiger partial charge in [-0.15, -0.1) is 0 Å². The molecule has 30 heavy (non-hydrogen) atoms. The molecule has 8 heteroatoms. The van der Waals surface area contributed by atoms with Gasteiger partial charge in [-0.25, -0.2) is 0 Å². The minimum Gasteiger partial charge on any atom is -0.453 e. The van der Waals surface area contributed by atoms with Crippen LogP contribution in [0, 0.1) is 6.92 Å². The maximum atomic E-state index is 11.7. The Labute approximate surface area is 177 Å². The molecule has 4 rings (SSSR count). The van der Waals surface area contributed by atoms with Crippen molar-refractivity contribution in [2.24, 2.45) is 0 Å². The Morgan fingerprint density at radius 2 is 1.87 bits per heavy atom. The summed E-state index contributed by atoms with van der Waals surface area (Å²) in [4.78, 5) is 6.44. The smallest absolute Gasteiger partial charge is 0.264 e. The maximum absolute atomic E-state index is 11.7. The SMILES string of the molecule is Cc1ccc2c(c1)N(C(CCS(=O)(=O)O)C1N(C)C=CCN1C)c1ccccc1O2. The van der Waals surface area contributed by atoms with Crippen LogP contribution in [0.2, 0.25) is 0 Å². The zero-order chi connectivity index (χ0) is 21.5. The number of anilines is 2. The van der Waals surface area contributed by atoms with E-state index in [1.165, 1.54) is 0 Å². The summed E-state index contributed by atoms with van der Waals surface area (Å²) in [7, 11) is -0.0980. The van der Waals surface area contributed by atoms with Crippen molar-refractivity contribution in [2.45, 2.75) is 25.6 Å². The van der Waals surface area contributed by atoms with Crippen LogP contribution in [0.3, 0.4) is 0 Å². The second-order valence-electron chi connectivity index (χ2n) is 7.96. The van der Waals surface area contributed by atoms with Gasteiger partial charge in [0.15, 0.2) is 11.5 Å². The average molecular weight is 430 g/mol. The highest BCUT2D eigenvalue weighted by molar-refractivity contribution is 7.85. The van der Waals surface area contributed by atoms with Crippen LogP contribution in [-0.2, 0) is 10.1 Å². The molecule has 0 amide bonds. The fourth-order valence-electron chi connectivity index (χ4n) is 4.38. The first-order chi connectivity index (χ1) is 14.2. The number of hydrogen-bond donors (Lipinski definition) is 1. The van der Waals surface area contributed by atoms with Gasteiger partial charge < -0.3 is 14.5 Å². The molecule has 0 fully saturated rings. The predicted molar refractivity (Wildman–Crippen MR) is 118 cm³/mol. The number of para-hydroxylation sites is 2. The number of likely N-dealkylation sites (N-methyl/N-ethyl adjacent to an activating group) is 2. The van der Waals surface area contributed by atoms with Gasteiger partial charge in [0.25, 0.3) is 10.1 Å². The summed E-state index contributed by atoms with van der Waals surface area (Å²) in [5.74, 6) is 1.13. The second kappa shape index (κ2) is 7.94. The molecule has 0 saturated heterocycles. The van der Waals surface area contributed by atoms with E-state index in [2.05, 4.69) is 26.8 Å². The van der Waals surface area contributed by atoms with Crippen LogP contribution in [-0.4, -0.2) is 61.4 Å². The minimum atomic E-state index is -4.11. The van der Waals surface area contributed by atoms with E-state index >= 15 is 0 Å². The molecule has 0 spiro atoms. The van der Waals surface area contributed by atoms with Gasteiger partial charge in [-0.1, -0.05) is 24.3 Å². The van der Waals surface area contributed by atoms with E-state index in [0.29, 0.717) is 0 Å². The third-order valence-corrected chi connectivity index (χ3v) is 6.42. The van der Waals surface area contributed by atoms with Gasteiger partial charge in [0.1, 0.15) is 6.17 Å². The molecule has 0 aromatic heterocycles. The summed E-state index contributed by atoms with van der Waals surface area (Å²) in [5, 5.41) is 0. The quantitative estimate of drug-likeness (QED) is 0.728. The molecule has 7 nitrogen and oxygen atoms in total. The average Bonchev–Trinajstić information content (AvgIpc) is 2.68. The Hall–Kier alpha value is -2.55. The van der Waals surface area contributed by atoms with E-state index in [0.717, 1.165) is 35.0 Å². The van der Waals surface area contributed by atoms with Gasteiger partial charge >= 0.3 is 0 Å². The van der Waals surface area contributed by atoms with Crippen molar-refractivity contribution in [2.75, 3.05) is 31.3 Å². The van der Waals surface area contributed by atoms with Crippen LogP contribution < -0.4 is 9.64 Å². The molecule has 0 aliphatic carbocycles. The minimum absolute atomic E-state index is 0.101. The Morgan fingerprint density at radius 1 is 1.13 bits per heavy atom. The number of benzene rings is 2. The first-order valence-electron chi connectivity index (χ1n) is 9.95. The van der Waals surface area contributed by atoms with Crippen molar-refractivity contribution in [1.82, 2.24) is 9.80 Å². The number of fused-ring (bicyclic) bond motifs is 2. The lowest BCUT2D eigenvalue weighted by Gasteiger charge is -2.48. The molecule has 0 bridgehead atoms. The van der Waals surface area contributed by atoms with E-state index in [-0.39, 0.29) is 24.4 Å². The molecule has 1 N–H and O–H groups in total. The lowest BCUT2D eigenvalue weighted by Crippen LogP contribution is -2.58.